The van der Waals surface area contributed by atoms with Gasteiger partial charge in [0.25, 0.3) is 11.5 Å². The minimum Gasteiger partial charge on any atom is -0.497 e. The van der Waals surface area contributed by atoms with Crippen molar-refractivity contribution in [3.05, 3.63) is 88.1 Å². The normalized spacial score (nSPS) is 10.4. The Morgan fingerprint density at radius 3 is 2.42 bits per heavy atom. The monoisotopic (exact) mass is 421 g/mol. The van der Waals surface area contributed by atoms with Crippen molar-refractivity contribution < 1.29 is 19.1 Å². The zero-order valence-corrected chi connectivity index (χ0v) is 17.3. The van der Waals surface area contributed by atoms with Gasteiger partial charge in [-0.1, -0.05) is 30.3 Å². The molecule has 1 amide bonds. The van der Waals surface area contributed by atoms with Crippen LogP contribution in [0.1, 0.15) is 33.5 Å². The lowest BCUT2D eigenvalue weighted by molar-refractivity contribution is 0.0503. The number of hydrogen-bond donors (Lipinski definition) is 1. The maximum atomic E-state index is 13.1. The highest BCUT2D eigenvalue weighted by Crippen LogP contribution is 2.13. The number of aryl methyl sites for hydroxylation is 1. The van der Waals surface area contributed by atoms with Crippen molar-refractivity contribution in [1.29, 1.82) is 0 Å². The summed E-state index contributed by atoms with van der Waals surface area (Å²) in [7, 11) is 1.58. The number of anilines is 1. The Bertz CT molecular complexity index is 1110. The Balaban J connectivity index is 1.89. The van der Waals surface area contributed by atoms with Crippen molar-refractivity contribution in [2.75, 3.05) is 19.0 Å². The third-order valence-corrected chi connectivity index (χ3v) is 4.57. The van der Waals surface area contributed by atoms with Gasteiger partial charge in [-0.05, 0) is 43.2 Å². The molecule has 0 saturated heterocycles. The molecule has 0 aliphatic rings. The number of ether oxygens (including phenoxy) is 2. The molecule has 31 heavy (non-hydrogen) atoms. The molecule has 0 bridgehead atoms. The van der Waals surface area contributed by atoms with Crippen LogP contribution in [0, 0.1) is 0 Å². The Morgan fingerprint density at radius 1 is 1.06 bits per heavy atom. The van der Waals surface area contributed by atoms with Gasteiger partial charge < -0.3 is 14.8 Å². The van der Waals surface area contributed by atoms with Crippen LogP contribution in [0.25, 0.3) is 0 Å². The highest BCUT2D eigenvalue weighted by molar-refractivity contribution is 6.04. The number of rotatable bonds is 8. The summed E-state index contributed by atoms with van der Waals surface area (Å²) in [6.07, 6.45) is 1.65. The number of carbonyl (C=O) groups excluding carboxylic acids is 2. The highest BCUT2D eigenvalue weighted by atomic mass is 16.5. The minimum absolute atomic E-state index is 0.0170. The second-order valence-corrected chi connectivity index (χ2v) is 6.59. The van der Waals surface area contributed by atoms with E-state index in [2.05, 4.69) is 10.3 Å². The molecule has 1 aromatic heterocycles. The van der Waals surface area contributed by atoms with E-state index >= 15 is 0 Å². The molecule has 3 aromatic rings. The number of carbonyl (C=O) groups is 2. The quantitative estimate of drug-likeness (QED) is 0.562. The van der Waals surface area contributed by atoms with Crippen molar-refractivity contribution in [2.24, 2.45) is 0 Å². The second kappa shape index (κ2) is 10.2. The Hall–Kier alpha value is -3.94. The van der Waals surface area contributed by atoms with E-state index in [-0.39, 0.29) is 24.7 Å². The van der Waals surface area contributed by atoms with Gasteiger partial charge in [-0.2, -0.15) is 0 Å². The maximum Gasteiger partial charge on any atom is 0.374 e. The van der Waals surface area contributed by atoms with Crippen LogP contribution in [-0.4, -0.2) is 35.1 Å². The number of nitrogens with zero attached hydrogens (tertiary/aromatic N) is 2. The topological polar surface area (TPSA) is 99.5 Å². The highest BCUT2D eigenvalue weighted by Gasteiger charge is 2.19. The fourth-order valence-electron chi connectivity index (χ4n) is 2.96. The van der Waals surface area contributed by atoms with E-state index in [4.69, 9.17) is 9.47 Å². The van der Waals surface area contributed by atoms with Crippen LogP contribution in [0.4, 0.5) is 5.69 Å². The van der Waals surface area contributed by atoms with Crippen molar-refractivity contribution >= 4 is 17.6 Å². The third-order valence-electron chi connectivity index (χ3n) is 4.57. The standard InChI is InChI=1S/C23H23N3O5/c1-3-31-23(29)20-24-15-19(25-21(27)17-7-5-4-6-8-17)22(28)26(20)14-13-16-9-11-18(30-2)12-10-16/h4-12,15H,3,13-14H2,1-2H3,(H,25,27). The van der Waals surface area contributed by atoms with Gasteiger partial charge in [0.15, 0.2) is 0 Å². The van der Waals surface area contributed by atoms with Crippen LogP contribution < -0.4 is 15.6 Å². The fourth-order valence-corrected chi connectivity index (χ4v) is 2.96. The first-order chi connectivity index (χ1) is 15.0. The Kier molecular flexibility index (Phi) is 7.16. The van der Waals surface area contributed by atoms with E-state index in [1.807, 2.05) is 24.3 Å². The number of benzene rings is 2. The van der Waals surface area contributed by atoms with Gasteiger partial charge in [0.05, 0.1) is 19.9 Å². The molecule has 160 valence electrons. The molecule has 0 aliphatic heterocycles. The molecule has 3 rings (SSSR count). The number of hydrogen-bond acceptors (Lipinski definition) is 6. The average Bonchev–Trinajstić information content (AvgIpc) is 2.80. The molecule has 0 saturated carbocycles. The van der Waals surface area contributed by atoms with Crippen molar-refractivity contribution in [2.45, 2.75) is 19.9 Å². The Labute approximate surface area is 179 Å². The molecule has 2 aromatic carbocycles. The second-order valence-electron chi connectivity index (χ2n) is 6.59. The number of esters is 1. The van der Waals surface area contributed by atoms with Gasteiger partial charge in [0.1, 0.15) is 11.4 Å². The van der Waals surface area contributed by atoms with Gasteiger partial charge in [-0.25, -0.2) is 9.78 Å². The van der Waals surface area contributed by atoms with Crippen molar-refractivity contribution in [3.63, 3.8) is 0 Å². The molecule has 0 radical (unpaired) electrons. The van der Waals surface area contributed by atoms with Gasteiger partial charge in [-0.3, -0.25) is 14.2 Å². The molecule has 8 nitrogen and oxygen atoms in total. The first-order valence-corrected chi connectivity index (χ1v) is 9.79. The third kappa shape index (κ3) is 5.36. The zero-order chi connectivity index (χ0) is 22.2. The SMILES string of the molecule is CCOC(=O)c1ncc(NC(=O)c2ccccc2)c(=O)n1CCc1ccc(OC)cc1. The first-order valence-electron chi connectivity index (χ1n) is 9.79. The predicted molar refractivity (Wildman–Crippen MR) is 116 cm³/mol. The van der Waals surface area contributed by atoms with Gasteiger partial charge in [0.2, 0.25) is 5.82 Å². The van der Waals surface area contributed by atoms with Gasteiger partial charge in [-0.15, -0.1) is 0 Å². The molecule has 0 aliphatic carbocycles. The molecule has 1 heterocycles. The average molecular weight is 421 g/mol. The number of amides is 1. The molecule has 1 N–H and O–H groups in total. The summed E-state index contributed by atoms with van der Waals surface area (Å²) in [5, 5.41) is 2.57. The van der Waals surface area contributed by atoms with E-state index in [9.17, 15) is 14.4 Å². The lowest BCUT2D eigenvalue weighted by atomic mass is 10.1. The van der Waals surface area contributed by atoms with E-state index in [0.717, 1.165) is 11.3 Å². The van der Waals surface area contributed by atoms with Gasteiger partial charge in [0, 0.05) is 12.1 Å². The number of methoxy groups -OCH3 is 1. The van der Waals surface area contributed by atoms with E-state index in [1.54, 1.807) is 44.4 Å². The van der Waals surface area contributed by atoms with Crippen molar-refractivity contribution in [1.82, 2.24) is 9.55 Å². The molecule has 0 spiro atoms. The molecule has 0 fully saturated rings. The number of aromatic nitrogens is 2. The summed E-state index contributed by atoms with van der Waals surface area (Å²) in [5.74, 6) is -0.529. The smallest absolute Gasteiger partial charge is 0.374 e. The summed E-state index contributed by atoms with van der Waals surface area (Å²) in [6, 6.07) is 15.9. The molecular weight excluding hydrogens is 398 g/mol. The van der Waals surface area contributed by atoms with Crippen LogP contribution in [-0.2, 0) is 17.7 Å². The molecule has 0 atom stereocenters. The van der Waals surface area contributed by atoms with Crippen LogP contribution in [0.15, 0.2) is 65.6 Å². The fraction of sp³-hybridized carbons (Fsp3) is 0.217. The van der Waals surface area contributed by atoms with E-state index in [0.29, 0.717) is 12.0 Å². The summed E-state index contributed by atoms with van der Waals surface area (Å²) >= 11 is 0. The van der Waals surface area contributed by atoms with E-state index < -0.39 is 17.4 Å². The summed E-state index contributed by atoms with van der Waals surface area (Å²) in [6.45, 7) is 2.01. The zero-order valence-electron chi connectivity index (χ0n) is 17.3. The lowest BCUT2D eigenvalue weighted by Crippen LogP contribution is -2.32. The predicted octanol–water partition coefficient (Wildman–Crippen LogP) is 2.92. The van der Waals surface area contributed by atoms with Crippen molar-refractivity contribution in [3.8, 4) is 5.75 Å². The number of nitrogens with one attached hydrogen (secondary N) is 1. The summed E-state index contributed by atoms with van der Waals surface area (Å²) in [5.41, 5.74) is 0.801. The summed E-state index contributed by atoms with van der Waals surface area (Å²) < 4.78 is 11.4. The molecule has 0 unspecified atom stereocenters. The minimum atomic E-state index is -0.699. The van der Waals surface area contributed by atoms with Crippen LogP contribution in [0.5, 0.6) is 5.75 Å². The largest absolute Gasteiger partial charge is 0.497 e. The maximum absolute atomic E-state index is 13.1. The Morgan fingerprint density at radius 2 is 1.77 bits per heavy atom. The molecular formula is C23H23N3O5. The molecule has 8 heteroatoms. The summed E-state index contributed by atoms with van der Waals surface area (Å²) in [4.78, 5) is 41.9. The van der Waals surface area contributed by atoms with Gasteiger partial charge >= 0.3 is 5.97 Å². The van der Waals surface area contributed by atoms with E-state index in [1.165, 1.54) is 10.8 Å². The van der Waals surface area contributed by atoms with Crippen LogP contribution in [0.2, 0.25) is 0 Å². The van der Waals surface area contributed by atoms with Crippen LogP contribution in [0.3, 0.4) is 0 Å². The first kappa shape index (κ1) is 21.8. The van der Waals surface area contributed by atoms with Crippen LogP contribution >= 0.6 is 0 Å². The lowest BCUT2D eigenvalue weighted by Gasteiger charge is -2.13.